The predicted octanol–water partition coefficient (Wildman–Crippen LogP) is -0.474. The Balaban J connectivity index is 1.71. The van der Waals surface area contributed by atoms with Crippen molar-refractivity contribution in [1.29, 1.82) is 0 Å². The number of likely N-dealkylation sites (tertiary alicyclic amines) is 1. The topological polar surface area (TPSA) is 65.0 Å². The minimum atomic E-state index is -0.261. The number of carbonyl (C=O) groups is 1. The molecule has 2 aliphatic heterocycles. The number of morpholine rings is 1. The van der Waals surface area contributed by atoms with Crippen LogP contribution in [0.2, 0.25) is 0 Å². The number of amides is 1. The Kier molecular flexibility index (Phi) is 6.41. The summed E-state index contributed by atoms with van der Waals surface area (Å²) in [7, 11) is 1.89. The lowest BCUT2D eigenvalue weighted by molar-refractivity contribution is -0.135. The molecule has 0 aromatic carbocycles. The zero-order valence-corrected chi connectivity index (χ0v) is 13.3. The maximum atomic E-state index is 12.3. The van der Waals surface area contributed by atoms with Crippen LogP contribution in [0.3, 0.4) is 0 Å². The van der Waals surface area contributed by atoms with Gasteiger partial charge in [0.05, 0.1) is 19.3 Å². The number of aliphatic hydroxyl groups excluding tert-OH is 1. The fourth-order valence-corrected chi connectivity index (χ4v) is 3.19. The third-order valence-electron chi connectivity index (χ3n) is 4.36. The molecule has 0 saturated carbocycles. The van der Waals surface area contributed by atoms with E-state index in [0.717, 1.165) is 45.6 Å². The van der Waals surface area contributed by atoms with Crippen molar-refractivity contribution >= 4 is 5.91 Å². The van der Waals surface area contributed by atoms with Gasteiger partial charge in [0.2, 0.25) is 5.91 Å². The first-order chi connectivity index (χ1) is 10.1. The highest BCUT2D eigenvalue weighted by Crippen LogP contribution is 2.18. The van der Waals surface area contributed by atoms with Crippen LogP contribution < -0.4 is 5.32 Å². The first-order valence-corrected chi connectivity index (χ1v) is 8.02. The Morgan fingerprint density at radius 2 is 2.19 bits per heavy atom. The van der Waals surface area contributed by atoms with Crippen LogP contribution >= 0.6 is 0 Å². The molecule has 0 radical (unpaired) electrons. The van der Waals surface area contributed by atoms with E-state index in [1.54, 1.807) is 0 Å². The van der Waals surface area contributed by atoms with Crippen molar-refractivity contribution in [1.82, 2.24) is 15.1 Å². The van der Waals surface area contributed by atoms with E-state index < -0.39 is 0 Å². The molecule has 6 heteroatoms. The average Bonchev–Trinajstić information content (AvgIpc) is 2.49. The zero-order chi connectivity index (χ0) is 15.2. The molecular weight excluding hydrogens is 270 g/mol. The van der Waals surface area contributed by atoms with Crippen LogP contribution in [-0.4, -0.2) is 85.9 Å². The van der Waals surface area contributed by atoms with Crippen LogP contribution in [-0.2, 0) is 9.53 Å². The van der Waals surface area contributed by atoms with E-state index >= 15 is 0 Å². The molecule has 122 valence electrons. The Morgan fingerprint density at radius 3 is 2.76 bits per heavy atom. The summed E-state index contributed by atoms with van der Waals surface area (Å²) in [5, 5.41) is 12.6. The second-order valence-corrected chi connectivity index (χ2v) is 6.39. The fourth-order valence-electron chi connectivity index (χ4n) is 3.19. The van der Waals surface area contributed by atoms with Gasteiger partial charge < -0.3 is 25.0 Å². The summed E-state index contributed by atoms with van der Waals surface area (Å²) in [6.07, 6.45) is 1.93. The maximum absolute atomic E-state index is 12.3. The summed E-state index contributed by atoms with van der Waals surface area (Å²) in [6.45, 7) is 7.36. The molecule has 21 heavy (non-hydrogen) atoms. The normalized spacial score (nSPS) is 26.5. The van der Waals surface area contributed by atoms with Crippen molar-refractivity contribution in [2.75, 3.05) is 53.0 Å². The SMILES string of the molecule is CC(O)CN1CCC(CN(C)C(=O)C2COCCN2)CC1. The van der Waals surface area contributed by atoms with E-state index in [4.69, 9.17) is 4.74 Å². The van der Waals surface area contributed by atoms with E-state index in [1.807, 2.05) is 18.9 Å². The summed E-state index contributed by atoms with van der Waals surface area (Å²) in [6, 6.07) is -0.181. The van der Waals surface area contributed by atoms with Crippen LogP contribution in [0.4, 0.5) is 0 Å². The van der Waals surface area contributed by atoms with Gasteiger partial charge in [0.15, 0.2) is 0 Å². The number of piperidine rings is 1. The Bertz CT molecular complexity index is 324. The summed E-state index contributed by atoms with van der Waals surface area (Å²) in [5.41, 5.74) is 0. The summed E-state index contributed by atoms with van der Waals surface area (Å²) < 4.78 is 5.35. The first-order valence-electron chi connectivity index (χ1n) is 8.02. The lowest BCUT2D eigenvalue weighted by Crippen LogP contribution is -2.52. The first kappa shape index (κ1) is 16.7. The second-order valence-electron chi connectivity index (χ2n) is 6.39. The van der Waals surface area contributed by atoms with E-state index in [1.165, 1.54) is 0 Å². The Morgan fingerprint density at radius 1 is 1.48 bits per heavy atom. The van der Waals surface area contributed by atoms with E-state index in [0.29, 0.717) is 19.1 Å². The van der Waals surface area contributed by atoms with Gasteiger partial charge >= 0.3 is 0 Å². The minimum absolute atomic E-state index is 0.140. The fraction of sp³-hybridized carbons (Fsp3) is 0.933. The number of hydrogen-bond donors (Lipinski definition) is 2. The molecule has 2 atom stereocenters. The van der Waals surface area contributed by atoms with Gasteiger partial charge in [0, 0.05) is 26.7 Å². The highest BCUT2D eigenvalue weighted by atomic mass is 16.5. The molecule has 2 aliphatic rings. The molecule has 0 aromatic heterocycles. The highest BCUT2D eigenvalue weighted by Gasteiger charge is 2.27. The number of nitrogens with zero attached hydrogens (tertiary/aromatic N) is 2. The molecular formula is C15H29N3O3. The highest BCUT2D eigenvalue weighted by molar-refractivity contribution is 5.81. The third-order valence-corrected chi connectivity index (χ3v) is 4.36. The van der Waals surface area contributed by atoms with Crippen LogP contribution in [0, 0.1) is 5.92 Å². The van der Waals surface area contributed by atoms with Crippen LogP contribution in [0.1, 0.15) is 19.8 Å². The standard InChI is InChI=1S/C15H29N3O3/c1-12(19)9-18-6-3-13(4-7-18)10-17(2)15(20)14-11-21-8-5-16-14/h12-14,16,19H,3-11H2,1-2H3. The minimum Gasteiger partial charge on any atom is -0.392 e. The predicted molar refractivity (Wildman–Crippen MR) is 81.1 cm³/mol. The summed E-state index contributed by atoms with van der Waals surface area (Å²) in [5.74, 6) is 0.704. The molecule has 2 N–H and O–H groups in total. The van der Waals surface area contributed by atoms with E-state index in [9.17, 15) is 9.90 Å². The van der Waals surface area contributed by atoms with Crippen LogP contribution in [0.25, 0.3) is 0 Å². The third kappa shape index (κ3) is 5.21. The van der Waals surface area contributed by atoms with Crippen molar-refractivity contribution in [3.63, 3.8) is 0 Å². The Labute approximate surface area is 127 Å². The van der Waals surface area contributed by atoms with Crippen molar-refractivity contribution in [3.05, 3.63) is 0 Å². The van der Waals surface area contributed by atoms with Crippen molar-refractivity contribution in [2.45, 2.75) is 31.9 Å². The number of ether oxygens (including phenoxy) is 1. The Hall–Kier alpha value is -0.690. The zero-order valence-electron chi connectivity index (χ0n) is 13.3. The molecule has 2 unspecified atom stereocenters. The smallest absolute Gasteiger partial charge is 0.241 e. The van der Waals surface area contributed by atoms with Gasteiger partial charge in [-0.2, -0.15) is 0 Å². The van der Waals surface area contributed by atoms with Crippen molar-refractivity contribution < 1.29 is 14.6 Å². The summed E-state index contributed by atoms with van der Waals surface area (Å²) >= 11 is 0. The lowest BCUT2D eigenvalue weighted by Gasteiger charge is -2.35. The molecule has 6 nitrogen and oxygen atoms in total. The monoisotopic (exact) mass is 299 g/mol. The van der Waals surface area contributed by atoms with E-state index in [2.05, 4.69) is 10.2 Å². The van der Waals surface area contributed by atoms with Gasteiger partial charge in [-0.1, -0.05) is 0 Å². The number of carbonyl (C=O) groups excluding carboxylic acids is 1. The van der Waals surface area contributed by atoms with Crippen molar-refractivity contribution in [3.8, 4) is 0 Å². The number of aliphatic hydroxyl groups is 1. The molecule has 0 spiro atoms. The van der Waals surface area contributed by atoms with Gasteiger partial charge in [-0.05, 0) is 38.8 Å². The van der Waals surface area contributed by atoms with Crippen LogP contribution in [0.5, 0.6) is 0 Å². The van der Waals surface area contributed by atoms with Crippen LogP contribution in [0.15, 0.2) is 0 Å². The quantitative estimate of drug-likeness (QED) is 0.718. The molecule has 0 bridgehead atoms. The number of hydrogen-bond acceptors (Lipinski definition) is 5. The van der Waals surface area contributed by atoms with Gasteiger partial charge in [-0.15, -0.1) is 0 Å². The summed E-state index contributed by atoms with van der Waals surface area (Å²) in [4.78, 5) is 16.5. The lowest BCUT2D eigenvalue weighted by atomic mass is 9.96. The maximum Gasteiger partial charge on any atom is 0.241 e. The van der Waals surface area contributed by atoms with Crippen molar-refractivity contribution in [2.24, 2.45) is 5.92 Å². The molecule has 2 fully saturated rings. The molecule has 0 aliphatic carbocycles. The van der Waals surface area contributed by atoms with Gasteiger partial charge in [0.1, 0.15) is 6.04 Å². The molecule has 2 rings (SSSR count). The van der Waals surface area contributed by atoms with Gasteiger partial charge in [-0.25, -0.2) is 0 Å². The van der Waals surface area contributed by atoms with E-state index in [-0.39, 0.29) is 18.1 Å². The second kappa shape index (κ2) is 8.08. The average molecular weight is 299 g/mol. The van der Waals surface area contributed by atoms with Gasteiger partial charge in [-0.3, -0.25) is 4.79 Å². The molecule has 2 saturated heterocycles. The molecule has 0 aromatic rings. The number of nitrogens with one attached hydrogen (secondary N) is 1. The number of rotatable bonds is 5. The largest absolute Gasteiger partial charge is 0.392 e. The molecule has 2 heterocycles. The van der Waals surface area contributed by atoms with Gasteiger partial charge in [0.25, 0.3) is 0 Å². The number of β-amino-alcohol motifs (C(OH)–C–C–N with tert-alkyl or cyclic N) is 1. The molecule has 1 amide bonds. The number of likely N-dealkylation sites (N-methyl/N-ethyl adjacent to an activating group) is 1.